The van der Waals surface area contributed by atoms with Gasteiger partial charge in [-0.25, -0.2) is 0 Å². The van der Waals surface area contributed by atoms with Gasteiger partial charge in [-0.05, 0) is 49.3 Å². The first-order chi connectivity index (χ1) is 12.5. The second kappa shape index (κ2) is 9.89. The summed E-state index contributed by atoms with van der Waals surface area (Å²) in [4.78, 5) is 24.2. The van der Waals surface area contributed by atoms with Crippen molar-refractivity contribution in [3.63, 3.8) is 0 Å². The van der Waals surface area contributed by atoms with Crippen LogP contribution in [0.3, 0.4) is 0 Å². The maximum Gasteiger partial charge on any atom is 0.253 e. The van der Waals surface area contributed by atoms with Crippen LogP contribution in [0.1, 0.15) is 29.3 Å². The van der Waals surface area contributed by atoms with Crippen molar-refractivity contribution in [2.45, 2.75) is 19.8 Å². The summed E-state index contributed by atoms with van der Waals surface area (Å²) in [6.45, 7) is 2.37. The number of aryl methyl sites for hydroxylation is 1. The molecule has 2 amide bonds. The van der Waals surface area contributed by atoms with Crippen LogP contribution in [0.15, 0.2) is 48.5 Å². The Balaban J connectivity index is 1.91. The third-order valence-electron chi connectivity index (χ3n) is 3.59. The number of anilines is 1. The van der Waals surface area contributed by atoms with Crippen LogP contribution in [0.5, 0.6) is 0 Å². The van der Waals surface area contributed by atoms with E-state index >= 15 is 0 Å². The molecule has 7 heteroatoms. The minimum Gasteiger partial charge on any atom is -0.352 e. The van der Waals surface area contributed by atoms with E-state index < -0.39 is 0 Å². The van der Waals surface area contributed by atoms with Crippen molar-refractivity contribution in [1.82, 2.24) is 10.6 Å². The van der Waals surface area contributed by atoms with E-state index in [1.807, 2.05) is 25.1 Å². The van der Waals surface area contributed by atoms with E-state index in [9.17, 15) is 9.59 Å². The van der Waals surface area contributed by atoms with E-state index in [1.165, 1.54) is 0 Å². The lowest BCUT2D eigenvalue weighted by Gasteiger charge is -2.13. The van der Waals surface area contributed by atoms with Crippen LogP contribution < -0.4 is 16.0 Å². The normalized spacial score (nSPS) is 10.1. The average molecular weight is 390 g/mol. The summed E-state index contributed by atoms with van der Waals surface area (Å²) in [5.41, 5.74) is 1.90. The number of amides is 2. The number of hydrogen-bond acceptors (Lipinski definition) is 3. The molecule has 0 aliphatic carbocycles. The zero-order valence-corrected chi connectivity index (χ0v) is 15.9. The van der Waals surface area contributed by atoms with Gasteiger partial charge in [0.2, 0.25) is 5.91 Å². The zero-order valence-electron chi connectivity index (χ0n) is 14.3. The second-order valence-corrected chi connectivity index (χ2v) is 6.31. The van der Waals surface area contributed by atoms with Gasteiger partial charge in [-0.15, -0.1) is 0 Å². The quantitative estimate of drug-likeness (QED) is 0.661. The average Bonchev–Trinajstić information content (AvgIpc) is 2.61. The lowest BCUT2D eigenvalue weighted by molar-refractivity contribution is -0.119. The second-order valence-electron chi connectivity index (χ2n) is 5.50. The van der Waals surface area contributed by atoms with Crippen molar-refractivity contribution < 1.29 is 9.59 Å². The number of thiocarbonyl (C=S) groups is 1. The summed E-state index contributed by atoms with van der Waals surface area (Å²) >= 11 is 11.3. The molecule has 0 aromatic heterocycles. The van der Waals surface area contributed by atoms with Gasteiger partial charge in [0, 0.05) is 18.0 Å². The Morgan fingerprint density at radius 3 is 2.50 bits per heavy atom. The minimum atomic E-state index is -0.224. The number of hydrogen-bond donors (Lipinski definition) is 3. The number of halogens is 1. The molecule has 26 heavy (non-hydrogen) atoms. The van der Waals surface area contributed by atoms with Gasteiger partial charge in [0.1, 0.15) is 0 Å². The molecule has 0 unspecified atom stereocenters. The monoisotopic (exact) mass is 389 g/mol. The molecular formula is C19H20ClN3O2S. The predicted octanol–water partition coefficient (Wildman–Crippen LogP) is 3.54. The van der Waals surface area contributed by atoms with Crippen molar-refractivity contribution in [2.75, 3.05) is 11.9 Å². The first-order valence-electron chi connectivity index (χ1n) is 8.22. The van der Waals surface area contributed by atoms with E-state index in [4.69, 9.17) is 23.8 Å². The largest absolute Gasteiger partial charge is 0.352 e. The molecule has 0 spiro atoms. The smallest absolute Gasteiger partial charge is 0.253 e. The molecule has 2 aromatic rings. The van der Waals surface area contributed by atoms with Gasteiger partial charge < -0.3 is 16.0 Å². The summed E-state index contributed by atoms with van der Waals surface area (Å²) < 4.78 is 0. The van der Waals surface area contributed by atoms with E-state index in [-0.39, 0.29) is 23.3 Å². The first kappa shape index (κ1) is 19.9. The third kappa shape index (κ3) is 5.82. The molecule has 0 aliphatic heterocycles. The first-order valence-corrected chi connectivity index (χ1v) is 9.01. The van der Waals surface area contributed by atoms with Crippen molar-refractivity contribution in [3.05, 3.63) is 64.7 Å². The molecule has 5 nitrogen and oxygen atoms in total. The Bertz CT molecular complexity index is 811. The SMILES string of the molecule is CCNC(=O)c1ccccc1NC(=S)NC(=O)CCc1ccccc1Cl. The van der Waals surface area contributed by atoms with Crippen LogP contribution in [-0.2, 0) is 11.2 Å². The molecule has 3 N–H and O–H groups in total. The van der Waals surface area contributed by atoms with Crippen LogP contribution in [0.2, 0.25) is 5.02 Å². The number of benzene rings is 2. The molecule has 2 aromatic carbocycles. The molecule has 0 bridgehead atoms. The molecule has 0 fully saturated rings. The number of rotatable bonds is 6. The topological polar surface area (TPSA) is 70.2 Å². The Morgan fingerprint density at radius 2 is 1.77 bits per heavy atom. The fourth-order valence-electron chi connectivity index (χ4n) is 2.34. The highest BCUT2D eigenvalue weighted by molar-refractivity contribution is 7.80. The van der Waals surface area contributed by atoms with E-state index in [0.717, 1.165) is 5.56 Å². The number of carbonyl (C=O) groups excluding carboxylic acids is 2. The number of carbonyl (C=O) groups is 2. The molecule has 0 heterocycles. The van der Waals surface area contributed by atoms with Crippen molar-refractivity contribution >= 4 is 46.4 Å². The maximum absolute atomic E-state index is 12.1. The molecular weight excluding hydrogens is 370 g/mol. The van der Waals surface area contributed by atoms with Crippen molar-refractivity contribution in [1.29, 1.82) is 0 Å². The molecule has 0 radical (unpaired) electrons. The maximum atomic E-state index is 12.1. The van der Waals surface area contributed by atoms with E-state index in [2.05, 4.69) is 16.0 Å². The minimum absolute atomic E-state index is 0.144. The highest BCUT2D eigenvalue weighted by Crippen LogP contribution is 2.17. The van der Waals surface area contributed by atoms with Crippen molar-refractivity contribution in [3.8, 4) is 0 Å². The highest BCUT2D eigenvalue weighted by Gasteiger charge is 2.12. The van der Waals surface area contributed by atoms with E-state index in [0.29, 0.717) is 29.2 Å². The molecule has 0 saturated heterocycles. The van der Waals surface area contributed by atoms with Crippen LogP contribution >= 0.6 is 23.8 Å². The molecule has 136 valence electrons. The van der Waals surface area contributed by atoms with Gasteiger partial charge in [0.15, 0.2) is 5.11 Å². The van der Waals surface area contributed by atoms with E-state index in [1.54, 1.807) is 30.3 Å². The predicted molar refractivity (Wildman–Crippen MR) is 109 cm³/mol. The zero-order chi connectivity index (χ0) is 18.9. The molecule has 0 aliphatic rings. The van der Waals surface area contributed by atoms with Gasteiger partial charge in [-0.2, -0.15) is 0 Å². The fourth-order valence-corrected chi connectivity index (χ4v) is 2.79. The van der Waals surface area contributed by atoms with Crippen LogP contribution in [0.25, 0.3) is 0 Å². The van der Waals surface area contributed by atoms with Crippen molar-refractivity contribution in [2.24, 2.45) is 0 Å². The third-order valence-corrected chi connectivity index (χ3v) is 4.16. The number of nitrogens with one attached hydrogen (secondary N) is 3. The van der Waals surface area contributed by atoms with Gasteiger partial charge in [0.05, 0.1) is 11.3 Å². The summed E-state index contributed by atoms with van der Waals surface area (Å²) in [6.07, 6.45) is 0.771. The lowest BCUT2D eigenvalue weighted by Crippen LogP contribution is -2.35. The summed E-state index contributed by atoms with van der Waals surface area (Å²) in [5.74, 6) is -0.429. The Kier molecular flexibility index (Phi) is 7.56. The highest BCUT2D eigenvalue weighted by atomic mass is 35.5. The number of para-hydroxylation sites is 1. The van der Waals surface area contributed by atoms with Gasteiger partial charge >= 0.3 is 0 Å². The van der Waals surface area contributed by atoms with Crippen LogP contribution in [-0.4, -0.2) is 23.5 Å². The fraction of sp³-hybridized carbons (Fsp3) is 0.211. The Labute approximate surface area is 163 Å². The summed E-state index contributed by atoms with van der Waals surface area (Å²) in [6, 6.07) is 14.4. The van der Waals surface area contributed by atoms with Gasteiger partial charge in [-0.1, -0.05) is 41.9 Å². The molecule has 0 saturated carbocycles. The van der Waals surface area contributed by atoms with Crippen LogP contribution in [0.4, 0.5) is 5.69 Å². The summed E-state index contributed by atoms with van der Waals surface area (Å²) in [5, 5.41) is 9.04. The lowest BCUT2D eigenvalue weighted by atomic mass is 10.1. The molecule has 2 rings (SSSR count). The Morgan fingerprint density at radius 1 is 1.08 bits per heavy atom. The Hall–Kier alpha value is -2.44. The summed E-state index contributed by atoms with van der Waals surface area (Å²) in [7, 11) is 0. The van der Waals surface area contributed by atoms with Gasteiger partial charge in [-0.3, -0.25) is 9.59 Å². The standard InChI is InChI=1S/C19H20ClN3O2S/c1-2-21-18(25)14-8-4-6-10-16(14)22-19(26)23-17(24)12-11-13-7-3-5-9-15(13)20/h3-10H,2,11-12H2,1H3,(H,21,25)(H2,22,23,24,26). The van der Waals surface area contributed by atoms with Gasteiger partial charge in [0.25, 0.3) is 5.91 Å². The molecule has 0 atom stereocenters. The van der Waals surface area contributed by atoms with Crippen LogP contribution in [0, 0.1) is 0 Å².